The number of piperidine rings is 1. The summed E-state index contributed by atoms with van der Waals surface area (Å²) in [6, 6.07) is 11.2. The number of hydrogen-bond donors (Lipinski definition) is 0. The summed E-state index contributed by atoms with van der Waals surface area (Å²) in [4.78, 5) is 2.42. The van der Waals surface area contributed by atoms with Crippen molar-refractivity contribution in [1.82, 2.24) is 0 Å². The molecule has 0 unspecified atom stereocenters. The molecule has 0 aliphatic carbocycles. The number of benzene rings is 2. The van der Waals surface area contributed by atoms with Gasteiger partial charge in [0.05, 0.1) is 0 Å². The Morgan fingerprint density at radius 1 is 0.941 bits per heavy atom. The first-order valence-electron chi connectivity index (χ1n) is 6.28. The van der Waals surface area contributed by atoms with E-state index in [1.807, 2.05) is 18.2 Å². The van der Waals surface area contributed by atoms with Crippen LogP contribution in [0.2, 0.25) is 0 Å². The molecule has 2 heteroatoms. The highest BCUT2D eigenvalue weighted by Crippen LogP contribution is 2.29. The van der Waals surface area contributed by atoms with Gasteiger partial charge < -0.3 is 4.90 Å². The Balaban J connectivity index is 2.09. The van der Waals surface area contributed by atoms with Crippen LogP contribution in [0.1, 0.15) is 19.3 Å². The zero-order valence-corrected chi connectivity index (χ0v) is 9.82. The first-order chi connectivity index (χ1) is 8.34. The highest BCUT2D eigenvalue weighted by Gasteiger charge is 2.13. The molecule has 0 bridgehead atoms. The minimum Gasteiger partial charge on any atom is -0.371 e. The monoisotopic (exact) mass is 229 g/mol. The van der Waals surface area contributed by atoms with Crippen molar-refractivity contribution in [3.63, 3.8) is 0 Å². The Labute approximate surface area is 101 Å². The van der Waals surface area contributed by atoms with Gasteiger partial charge in [0.1, 0.15) is 5.82 Å². The van der Waals surface area contributed by atoms with Crippen LogP contribution in [0, 0.1) is 5.82 Å². The van der Waals surface area contributed by atoms with Crippen molar-refractivity contribution >= 4 is 16.5 Å². The van der Waals surface area contributed by atoms with Gasteiger partial charge in [-0.3, -0.25) is 0 Å². The molecule has 0 aromatic heterocycles. The third kappa shape index (κ3) is 1.99. The highest BCUT2D eigenvalue weighted by atomic mass is 19.1. The molecule has 1 heterocycles. The molecule has 1 fully saturated rings. The largest absolute Gasteiger partial charge is 0.371 e. The molecule has 1 saturated heterocycles. The molecule has 1 aliphatic rings. The maximum Gasteiger partial charge on any atom is 0.123 e. The molecule has 88 valence electrons. The van der Waals surface area contributed by atoms with Crippen molar-refractivity contribution in [2.75, 3.05) is 18.0 Å². The van der Waals surface area contributed by atoms with Gasteiger partial charge in [0.2, 0.25) is 0 Å². The number of rotatable bonds is 1. The second kappa shape index (κ2) is 4.36. The fourth-order valence-electron chi connectivity index (χ4n) is 2.65. The van der Waals surface area contributed by atoms with E-state index in [4.69, 9.17) is 0 Å². The smallest absolute Gasteiger partial charge is 0.123 e. The van der Waals surface area contributed by atoms with Crippen molar-refractivity contribution in [3.8, 4) is 0 Å². The summed E-state index contributed by atoms with van der Waals surface area (Å²) >= 11 is 0. The molecule has 0 radical (unpaired) electrons. The second-order valence-corrected chi connectivity index (χ2v) is 4.69. The normalized spacial score (nSPS) is 16.4. The zero-order chi connectivity index (χ0) is 11.7. The van der Waals surface area contributed by atoms with Gasteiger partial charge in [-0.05, 0) is 48.9 Å². The maximum atomic E-state index is 13.2. The van der Waals surface area contributed by atoms with Crippen LogP contribution >= 0.6 is 0 Å². The van der Waals surface area contributed by atoms with Gasteiger partial charge in [0.25, 0.3) is 0 Å². The summed E-state index contributed by atoms with van der Waals surface area (Å²) in [5.74, 6) is -0.159. The van der Waals surface area contributed by atoms with Crippen molar-refractivity contribution in [2.45, 2.75) is 19.3 Å². The first-order valence-corrected chi connectivity index (χ1v) is 6.28. The zero-order valence-electron chi connectivity index (χ0n) is 9.82. The van der Waals surface area contributed by atoms with Gasteiger partial charge >= 0.3 is 0 Å². The van der Waals surface area contributed by atoms with E-state index in [-0.39, 0.29) is 5.82 Å². The van der Waals surface area contributed by atoms with Crippen molar-refractivity contribution in [2.24, 2.45) is 0 Å². The molecular weight excluding hydrogens is 213 g/mol. The maximum absolute atomic E-state index is 13.2. The molecule has 3 rings (SSSR count). The van der Waals surface area contributed by atoms with Crippen LogP contribution in [0.3, 0.4) is 0 Å². The van der Waals surface area contributed by atoms with Gasteiger partial charge in [0, 0.05) is 24.2 Å². The summed E-state index contributed by atoms with van der Waals surface area (Å²) in [5, 5.41) is 2.16. The molecule has 17 heavy (non-hydrogen) atoms. The van der Waals surface area contributed by atoms with E-state index in [0.717, 1.165) is 23.9 Å². The Bertz CT molecular complexity index is 529. The van der Waals surface area contributed by atoms with Crippen molar-refractivity contribution in [1.29, 1.82) is 0 Å². The average Bonchev–Trinajstić information content (AvgIpc) is 2.39. The third-order valence-corrected chi connectivity index (χ3v) is 3.52. The number of nitrogens with zero attached hydrogens (tertiary/aromatic N) is 1. The Morgan fingerprint density at radius 3 is 2.59 bits per heavy atom. The lowest BCUT2D eigenvalue weighted by atomic mass is 10.1. The summed E-state index contributed by atoms with van der Waals surface area (Å²) in [6.07, 6.45) is 3.85. The second-order valence-electron chi connectivity index (χ2n) is 4.69. The van der Waals surface area contributed by atoms with Crippen LogP contribution in [0.25, 0.3) is 10.8 Å². The van der Waals surface area contributed by atoms with Crippen LogP contribution in [-0.4, -0.2) is 13.1 Å². The molecule has 0 N–H and O–H groups in total. The van der Waals surface area contributed by atoms with Gasteiger partial charge in [-0.1, -0.05) is 12.1 Å². The Kier molecular flexibility index (Phi) is 2.71. The summed E-state index contributed by atoms with van der Waals surface area (Å²) < 4.78 is 13.2. The van der Waals surface area contributed by atoms with Crippen LogP contribution in [-0.2, 0) is 0 Å². The van der Waals surface area contributed by atoms with Crippen LogP contribution in [0.4, 0.5) is 10.1 Å². The standard InChI is InChI=1S/C15H16FN/c16-13-7-8-14-12(11-13)5-4-6-15(14)17-9-2-1-3-10-17/h4-8,11H,1-3,9-10H2. The average molecular weight is 229 g/mol. The van der Waals surface area contributed by atoms with Gasteiger partial charge in [-0.25, -0.2) is 4.39 Å². The molecular formula is C15H16FN. The van der Waals surface area contributed by atoms with Gasteiger partial charge in [-0.15, -0.1) is 0 Å². The topological polar surface area (TPSA) is 3.24 Å². The van der Waals surface area contributed by atoms with Crippen molar-refractivity contribution in [3.05, 3.63) is 42.2 Å². The molecule has 2 aromatic rings. The highest BCUT2D eigenvalue weighted by molar-refractivity contribution is 5.94. The van der Waals surface area contributed by atoms with E-state index >= 15 is 0 Å². The Morgan fingerprint density at radius 2 is 1.76 bits per heavy atom. The lowest BCUT2D eigenvalue weighted by Gasteiger charge is -2.29. The lowest BCUT2D eigenvalue weighted by Crippen LogP contribution is -2.29. The molecule has 0 saturated carbocycles. The summed E-state index contributed by atoms with van der Waals surface area (Å²) in [7, 11) is 0. The molecule has 0 amide bonds. The van der Waals surface area contributed by atoms with Crippen LogP contribution in [0.5, 0.6) is 0 Å². The summed E-state index contributed by atoms with van der Waals surface area (Å²) in [6.45, 7) is 2.24. The number of halogens is 1. The molecule has 0 spiro atoms. The van der Waals surface area contributed by atoms with Gasteiger partial charge in [-0.2, -0.15) is 0 Å². The quantitative estimate of drug-likeness (QED) is 0.715. The van der Waals surface area contributed by atoms with E-state index in [1.165, 1.54) is 24.9 Å². The molecule has 1 aliphatic heterocycles. The fraction of sp³-hybridized carbons (Fsp3) is 0.333. The summed E-state index contributed by atoms with van der Waals surface area (Å²) in [5.41, 5.74) is 1.25. The first kappa shape index (κ1) is 10.6. The number of fused-ring (bicyclic) bond motifs is 1. The van der Waals surface area contributed by atoms with Gasteiger partial charge in [0.15, 0.2) is 0 Å². The van der Waals surface area contributed by atoms with E-state index in [1.54, 1.807) is 12.1 Å². The van der Waals surface area contributed by atoms with Crippen LogP contribution < -0.4 is 4.90 Å². The predicted octanol–water partition coefficient (Wildman–Crippen LogP) is 3.97. The van der Waals surface area contributed by atoms with E-state index < -0.39 is 0 Å². The minimum absolute atomic E-state index is 0.159. The van der Waals surface area contributed by atoms with E-state index in [2.05, 4.69) is 11.0 Å². The number of hydrogen-bond acceptors (Lipinski definition) is 1. The third-order valence-electron chi connectivity index (χ3n) is 3.52. The molecule has 1 nitrogen and oxygen atoms in total. The van der Waals surface area contributed by atoms with Crippen LogP contribution in [0.15, 0.2) is 36.4 Å². The molecule has 2 aromatic carbocycles. The van der Waals surface area contributed by atoms with E-state index in [9.17, 15) is 4.39 Å². The predicted molar refractivity (Wildman–Crippen MR) is 70.0 cm³/mol. The molecule has 0 atom stereocenters. The fourth-order valence-corrected chi connectivity index (χ4v) is 2.65. The van der Waals surface area contributed by atoms with E-state index in [0.29, 0.717) is 0 Å². The SMILES string of the molecule is Fc1ccc2c(N3CCCCC3)cccc2c1. The Hall–Kier alpha value is -1.57. The number of anilines is 1. The minimum atomic E-state index is -0.159. The van der Waals surface area contributed by atoms with Crippen molar-refractivity contribution < 1.29 is 4.39 Å². The lowest BCUT2D eigenvalue weighted by molar-refractivity contribution is 0.579.